The Morgan fingerprint density at radius 2 is 2.16 bits per heavy atom. The van der Waals surface area contributed by atoms with Gasteiger partial charge in [0.25, 0.3) is 0 Å². The second-order valence-electron chi connectivity index (χ2n) is 4.09. The maximum absolute atomic E-state index is 11.7. The fourth-order valence-electron chi connectivity index (χ4n) is 1.71. The molecule has 2 atom stereocenters. The number of carbonyl (C=O) groups excluding carboxylic acids is 2. The number of methoxy groups -OCH3 is 1. The van der Waals surface area contributed by atoms with Crippen molar-refractivity contribution in [3.05, 3.63) is 0 Å². The van der Waals surface area contributed by atoms with Crippen LogP contribution in [0.25, 0.3) is 0 Å². The van der Waals surface area contributed by atoms with Crippen molar-refractivity contribution in [2.75, 3.05) is 26.8 Å². The van der Waals surface area contributed by atoms with Gasteiger partial charge in [0.1, 0.15) is 0 Å². The lowest BCUT2D eigenvalue weighted by atomic mass is 10.3. The number of carboxylic acid groups (broad SMARTS) is 1. The number of alkyl carbamates (subject to hydrolysis) is 1. The number of aliphatic carboxylic acids is 1. The van der Waals surface area contributed by atoms with E-state index in [0.717, 1.165) is 0 Å². The molecule has 0 aliphatic carbocycles. The highest BCUT2D eigenvalue weighted by Gasteiger charge is 2.29. The fraction of sp³-hybridized carbons (Fsp3) is 0.700. The van der Waals surface area contributed by atoms with E-state index in [1.807, 2.05) is 0 Å². The third-order valence-electron chi connectivity index (χ3n) is 2.76. The standard InChI is InChI=1S/C10H17N3O6/c1-19-10(18)11-6-2-3-13(4-6)9(17)12-7(5-14)8(15)16/h6-7,14H,2-5H2,1H3,(H,11,18)(H,12,17)(H,15,16)/t6?,7-/m0/s1. The van der Waals surface area contributed by atoms with Gasteiger partial charge in [0.2, 0.25) is 0 Å². The van der Waals surface area contributed by atoms with E-state index >= 15 is 0 Å². The van der Waals surface area contributed by atoms with Crippen molar-refractivity contribution in [3.63, 3.8) is 0 Å². The number of likely N-dealkylation sites (tertiary alicyclic amines) is 1. The van der Waals surface area contributed by atoms with Gasteiger partial charge in [-0.25, -0.2) is 14.4 Å². The number of aliphatic hydroxyl groups is 1. The number of aliphatic hydroxyl groups excluding tert-OH is 1. The largest absolute Gasteiger partial charge is 0.480 e. The SMILES string of the molecule is COC(=O)NC1CCN(C(=O)N[C@@H](CO)C(=O)O)C1. The molecule has 1 aliphatic heterocycles. The molecule has 0 aromatic carbocycles. The predicted molar refractivity (Wildman–Crippen MR) is 62.6 cm³/mol. The Hall–Kier alpha value is -2.03. The van der Waals surface area contributed by atoms with Crippen LogP contribution in [0.3, 0.4) is 0 Å². The van der Waals surface area contributed by atoms with Crippen LogP contribution in [0, 0.1) is 0 Å². The number of ether oxygens (including phenoxy) is 1. The third-order valence-corrected chi connectivity index (χ3v) is 2.76. The molecule has 1 unspecified atom stereocenters. The van der Waals surface area contributed by atoms with Gasteiger partial charge < -0.3 is 30.5 Å². The molecule has 0 aromatic rings. The van der Waals surface area contributed by atoms with Gasteiger partial charge in [-0.2, -0.15) is 0 Å². The summed E-state index contributed by atoms with van der Waals surface area (Å²) in [6, 6.07) is -2.15. The molecule has 0 bridgehead atoms. The summed E-state index contributed by atoms with van der Waals surface area (Å²) in [4.78, 5) is 34.7. The number of nitrogens with one attached hydrogen (secondary N) is 2. The zero-order valence-electron chi connectivity index (χ0n) is 10.5. The predicted octanol–water partition coefficient (Wildman–Crippen LogP) is -1.43. The summed E-state index contributed by atoms with van der Waals surface area (Å²) in [6.07, 6.45) is -0.0228. The summed E-state index contributed by atoms with van der Waals surface area (Å²) in [5, 5.41) is 22.2. The molecule has 108 valence electrons. The van der Waals surface area contributed by atoms with Crippen molar-refractivity contribution >= 4 is 18.1 Å². The van der Waals surface area contributed by atoms with E-state index in [2.05, 4.69) is 15.4 Å². The minimum absolute atomic E-state index is 0.226. The van der Waals surface area contributed by atoms with E-state index in [0.29, 0.717) is 13.0 Å². The quantitative estimate of drug-likeness (QED) is 0.498. The number of urea groups is 1. The second kappa shape index (κ2) is 6.78. The number of carbonyl (C=O) groups is 3. The molecule has 0 radical (unpaired) electrons. The van der Waals surface area contributed by atoms with Crippen molar-refractivity contribution in [3.8, 4) is 0 Å². The Kier molecular flexibility index (Phi) is 5.37. The van der Waals surface area contributed by atoms with E-state index in [1.165, 1.54) is 12.0 Å². The smallest absolute Gasteiger partial charge is 0.407 e. The average molecular weight is 275 g/mol. The monoisotopic (exact) mass is 275 g/mol. The van der Waals surface area contributed by atoms with Crippen molar-refractivity contribution in [2.45, 2.75) is 18.5 Å². The van der Waals surface area contributed by atoms with Gasteiger partial charge in [0.15, 0.2) is 6.04 Å². The van der Waals surface area contributed by atoms with Crippen LogP contribution in [0.2, 0.25) is 0 Å². The molecule has 19 heavy (non-hydrogen) atoms. The molecule has 1 saturated heterocycles. The number of hydrogen-bond acceptors (Lipinski definition) is 5. The summed E-state index contributed by atoms with van der Waals surface area (Å²) in [5.74, 6) is -1.31. The van der Waals surface area contributed by atoms with Gasteiger partial charge >= 0.3 is 18.1 Å². The molecule has 4 N–H and O–H groups in total. The lowest BCUT2D eigenvalue weighted by Crippen LogP contribution is -2.49. The summed E-state index contributed by atoms with van der Waals surface area (Å²) in [5.41, 5.74) is 0. The molecular formula is C10H17N3O6. The minimum Gasteiger partial charge on any atom is -0.480 e. The summed E-state index contributed by atoms with van der Waals surface area (Å²) >= 11 is 0. The molecule has 1 fully saturated rings. The average Bonchev–Trinajstić information content (AvgIpc) is 2.83. The Balaban J connectivity index is 2.43. The first-order valence-electron chi connectivity index (χ1n) is 5.71. The van der Waals surface area contributed by atoms with Gasteiger partial charge in [-0.1, -0.05) is 0 Å². The van der Waals surface area contributed by atoms with Crippen molar-refractivity contribution in [2.24, 2.45) is 0 Å². The fourth-order valence-corrected chi connectivity index (χ4v) is 1.71. The molecule has 1 aliphatic rings. The first-order chi connectivity index (χ1) is 8.97. The second-order valence-corrected chi connectivity index (χ2v) is 4.09. The van der Waals surface area contributed by atoms with Crippen LogP contribution < -0.4 is 10.6 Å². The van der Waals surface area contributed by atoms with E-state index in [-0.39, 0.29) is 12.6 Å². The molecule has 1 rings (SSSR count). The maximum Gasteiger partial charge on any atom is 0.407 e. The molecule has 1 heterocycles. The van der Waals surface area contributed by atoms with Crippen LogP contribution >= 0.6 is 0 Å². The minimum atomic E-state index is -1.33. The van der Waals surface area contributed by atoms with Gasteiger partial charge in [-0.15, -0.1) is 0 Å². The Bertz CT molecular complexity index is 361. The highest BCUT2D eigenvalue weighted by atomic mass is 16.5. The Labute approximate surface area is 109 Å². The molecule has 0 aromatic heterocycles. The highest BCUT2D eigenvalue weighted by molar-refractivity contribution is 5.82. The summed E-state index contributed by atoms with van der Waals surface area (Å²) < 4.78 is 4.44. The summed E-state index contributed by atoms with van der Waals surface area (Å²) in [7, 11) is 1.24. The van der Waals surface area contributed by atoms with E-state index in [4.69, 9.17) is 10.2 Å². The van der Waals surface area contributed by atoms with Crippen LogP contribution in [-0.4, -0.2) is 72.1 Å². The van der Waals surface area contributed by atoms with Crippen molar-refractivity contribution < 1.29 is 29.3 Å². The van der Waals surface area contributed by atoms with Gasteiger partial charge in [-0.05, 0) is 6.42 Å². The zero-order valence-corrected chi connectivity index (χ0v) is 10.5. The molecular weight excluding hydrogens is 258 g/mol. The Morgan fingerprint density at radius 3 is 2.68 bits per heavy atom. The molecule has 9 nitrogen and oxygen atoms in total. The van der Waals surface area contributed by atoms with Crippen LogP contribution in [0.15, 0.2) is 0 Å². The van der Waals surface area contributed by atoms with Crippen molar-refractivity contribution in [1.82, 2.24) is 15.5 Å². The lowest BCUT2D eigenvalue weighted by molar-refractivity contribution is -0.140. The number of hydrogen-bond donors (Lipinski definition) is 4. The Morgan fingerprint density at radius 1 is 1.47 bits per heavy atom. The molecule has 0 spiro atoms. The topological polar surface area (TPSA) is 128 Å². The first-order valence-corrected chi connectivity index (χ1v) is 5.71. The van der Waals surface area contributed by atoms with Gasteiger partial charge in [0, 0.05) is 13.1 Å². The van der Waals surface area contributed by atoms with Gasteiger partial charge in [0.05, 0.1) is 19.8 Å². The third kappa shape index (κ3) is 4.28. The normalized spacial score (nSPS) is 19.7. The van der Waals surface area contributed by atoms with Crippen LogP contribution in [0.1, 0.15) is 6.42 Å². The van der Waals surface area contributed by atoms with Crippen LogP contribution in [-0.2, 0) is 9.53 Å². The zero-order chi connectivity index (χ0) is 14.4. The molecule has 9 heteroatoms. The maximum atomic E-state index is 11.7. The van der Waals surface area contributed by atoms with Gasteiger partial charge in [-0.3, -0.25) is 0 Å². The van der Waals surface area contributed by atoms with Crippen molar-refractivity contribution in [1.29, 1.82) is 0 Å². The van der Waals surface area contributed by atoms with Crippen LogP contribution in [0.4, 0.5) is 9.59 Å². The number of carboxylic acids is 1. The lowest BCUT2D eigenvalue weighted by Gasteiger charge is -2.20. The highest BCUT2D eigenvalue weighted by Crippen LogP contribution is 2.09. The first kappa shape index (κ1) is 15.0. The number of amides is 3. The van der Waals surface area contributed by atoms with E-state index in [1.54, 1.807) is 0 Å². The number of nitrogens with zero attached hydrogens (tertiary/aromatic N) is 1. The number of rotatable bonds is 4. The summed E-state index contributed by atoms with van der Waals surface area (Å²) in [6.45, 7) is -0.0320. The van der Waals surface area contributed by atoms with E-state index < -0.39 is 30.7 Å². The van der Waals surface area contributed by atoms with Crippen LogP contribution in [0.5, 0.6) is 0 Å². The van der Waals surface area contributed by atoms with E-state index in [9.17, 15) is 14.4 Å². The molecule has 0 saturated carbocycles. The molecule has 3 amide bonds.